The van der Waals surface area contributed by atoms with Crippen molar-refractivity contribution in [1.29, 1.82) is 0 Å². The molecular weight excluding hydrogens is 354 g/mol. The van der Waals surface area contributed by atoms with Crippen LogP contribution in [-0.4, -0.2) is 31.5 Å². The lowest BCUT2D eigenvalue weighted by Gasteiger charge is -2.28. The summed E-state index contributed by atoms with van der Waals surface area (Å²) in [6.45, 7) is 4.73. The number of benzene rings is 1. The van der Waals surface area contributed by atoms with Crippen LogP contribution in [-0.2, 0) is 19.6 Å². The van der Waals surface area contributed by atoms with Gasteiger partial charge in [-0.3, -0.25) is 9.59 Å². The van der Waals surface area contributed by atoms with Crippen molar-refractivity contribution in [3.8, 4) is 0 Å². The lowest BCUT2D eigenvalue weighted by atomic mass is 9.86. The van der Waals surface area contributed by atoms with Crippen LogP contribution in [0.15, 0.2) is 24.3 Å². The van der Waals surface area contributed by atoms with E-state index in [9.17, 15) is 18.0 Å². The Kier molecular flexibility index (Phi) is 6.77. The quantitative estimate of drug-likeness (QED) is 0.704. The minimum atomic E-state index is -3.28. The normalized spacial score (nSPS) is 20.6. The van der Waals surface area contributed by atoms with E-state index in [-0.39, 0.29) is 23.8 Å². The molecule has 1 aromatic rings. The van der Waals surface area contributed by atoms with Gasteiger partial charge in [0.2, 0.25) is 21.8 Å². The number of carbonyl (C=O) groups is 2. The summed E-state index contributed by atoms with van der Waals surface area (Å²) in [5, 5.41) is 5.10. The molecule has 0 heterocycles. The van der Waals surface area contributed by atoms with Crippen LogP contribution < -0.4 is 15.4 Å². The Hall–Kier alpha value is -1.93. The zero-order chi connectivity index (χ0) is 19.3. The van der Waals surface area contributed by atoms with Gasteiger partial charge in [0.25, 0.3) is 0 Å². The van der Waals surface area contributed by atoms with Crippen LogP contribution in [0.1, 0.15) is 46.5 Å². The first-order valence-electron chi connectivity index (χ1n) is 8.87. The van der Waals surface area contributed by atoms with Gasteiger partial charge in [-0.1, -0.05) is 6.07 Å². The van der Waals surface area contributed by atoms with Crippen LogP contribution in [0.5, 0.6) is 0 Å². The van der Waals surface area contributed by atoms with Crippen molar-refractivity contribution in [1.82, 2.24) is 4.72 Å². The third kappa shape index (κ3) is 5.81. The Bertz CT molecular complexity index is 753. The lowest BCUT2D eigenvalue weighted by Crippen LogP contribution is -2.42. The van der Waals surface area contributed by atoms with Crippen molar-refractivity contribution < 1.29 is 18.0 Å². The molecule has 0 aromatic heterocycles. The van der Waals surface area contributed by atoms with E-state index in [1.54, 1.807) is 38.1 Å². The molecule has 2 amide bonds. The molecule has 0 spiro atoms. The zero-order valence-corrected chi connectivity index (χ0v) is 16.2. The molecule has 7 nitrogen and oxygen atoms in total. The maximum Gasteiger partial charge on any atom is 0.227 e. The maximum absolute atomic E-state index is 12.5. The van der Waals surface area contributed by atoms with Gasteiger partial charge in [-0.05, 0) is 57.7 Å². The Morgan fingerprint density at radius 1 is 1.04 bits per heavy atom. The summed E-state index contributed by atoms with van der Waals surface area (Å²) in [6.07, 6.45) is 2.58. The van der Waals surface area contributed by atoms with Crippen molar-refractivity contribution in [2.75, 3.05) is 10.6 Å². The van der Waals surface area contributed by atoms with Gasteiger partial charge >= 0.3 is 0 Å². The van der Waals surface area contributed by atoms with Gasteiger partial charge in [0.15, 0.2) is 0 Å². The number of anilines is 2. The van der Waals surface area contributed by atoms with Crippen LogP contribution in [0.3, 0.4) is 0 Å². The summed E-state index contributed by atoms with van der Waals surface area (Å²) >= 11 is 0. The van der Waals surface area contributed by atoms with E-state index in [0.29, 0.717) is 37.1 Å². The molecule has 0 aliphatic heterocycles. The standard InChI is InChI=1S/C18H27N3O4S/c1-12(2)26(24,25)21-15-9-7-14(8-10-15)18(23)20-17-6-4-5-16(11-17)19-13(3)22/h4-6,11-12,14-15,21H,7-10H2,1-3H3,(H,19,22)(H,20,23). The molecule has 0 unspecified atom stereocenters. The Balaban J connectivity index is 1.88. The second-order valence-electron chi connectivity index (χ2n) is 7.01. The van der Waals surface area contributed by atoms with E-state index >= 15 is 0 Å². The summed E-state index contributed by atoms with van der Waals surface area (Å²) < 4.78 is 26.6. The topological polar surface area (TPSA) is 104 Å². The molecule has 0 radical (unpaired) electrons. The van der Waals surface area contributed by atoms with Crippen molar-refractivity contribution in [3.05, 3.63) is 24.3 Å². The SMILES string of the molecule is CC(=O)Nc1cccc(NC(=O)C2CCC(NS(=O)(=O)C(C)C)CC2)c1. The number of carbonyl (C=O) groups excluding carboxylic acids is 2. The van der Waals surface area contributed by atoms with Crippen LogP contribution in [0.4, 0.5) is 11.4 Å². The van der Waals surface area contributed by atoms with Gasteiger partial charge in [-0.2, -0.15) is 0 Å². The van der Waals surface area contributed by atoms with Crippen molar-refractivity contribution in [2.24, 2.45) is 5.92 Å². The fourth-order valence-electron chi connectivity index (χ4n) is 2.96. The summed E-state index contributed by atoms with van der Waals surface area (Å²) in [6, 6.07) is 6.89. The van der Waals surface area contributed by atoms with Crippen molar-refractivity contribution in [3.63, 3.8) is 0 Å². The first-order chi connectivity index (χ1) is 12.2. The molecule has 0 atom stereocenters. The monoisotopic (exact) mass is 381 g/mol. The van der Waals surface area contributed by atoms with E-state index in [1.807, 2.05) is 0 Å². The third-order valence-electron chi connectivity index (χ3n) is 4.50. The first-order valence-corrected chi connectivity index (χ1v) is 10.4. The minimum Gasteiger partial charge on any atom is -0.326 e. The van der Waals surface area contributed by atoms with Crippen LogP contribution in [0, 0.1) is 5.92 Å². The molecule has 0 saturated heterocycles. The molecule has 0 bridgehead atoms. The van der Waals surface area contributed by atoms with E-state index in [4.69, 9.17) is 0 Å². The van der Waals surface area contributed by atoms with Gasteiger partial charge in [0.1, 0.15) is 0 Å². The molecule has 1 aliphatic rings. The van der Waals surface area contributed by atoms with Crippen LogP contribution >= 0.6 is 0 Å². The predicted molar refractivity (Wildman–Crippen MR) is 102 cm³/mol. The zero-order valence-electron chi connectivity index (χ0n) is 15.4. The number of hydrogen-bond donors (Lipinski definition) is 3. The Labute approximate surface area is 155 Å². The molecular formula is C18H27N3O4S. The number of nitrogens with one attached hydrogen (secondary N) is 3. The van der Waals surface area contributed by atoms with E-state index < -0.39 is 15.3 Å². The fourth-order valence-corrected chi connectivity index (χ4v) is 3.94. The second kappa shape index (κ2) is 8.64. The fraction of sp³-hybridized carbons (Fsp3) is 0.556. The van der Waals surface area contributed by atoms with Gasteiger partial charge in [0, 0.05) is 30.3 Å². The Morgan fingerprint density at radius 2 is 1.62 bits per heavy atom. The molecule has 1 aromatic carbocycles. The Morgan fingerprint density at radius 3 is 2.15 bits per heavy atom. The van der Waals surface area contributed by atoms with Gasteiger partial charge in [0.05, 0.1) is 5.25 Å². The molecule has 1 saturated carbocycles. The molecule has 8 heteroatoms. The van der Waals surface area contributed by atoms with Crippen LogP contribution in [0.2, 0.25) is 0 Å². The highest BCUT2D eigenvalue weighted by Crippen LogP contribution is 2.27. The lowest BCUT2D eigenvalue weighted by molar-refractivity contribution is -0.120. The van der Waals surface area contributed by atoms with E-state index in [0.717, 1.165) is 0 Å². The minimum absolute atomic E-state index is 0.0739. The number of amides is 2. The van der Waals surface area contributed by atoms with Gasteiger partial charge in [-0.15, -0.1) is 0 Å². The van der Waals surface area contributed by atoms with Gasteiger partial charge < -0.3 is 10.6 Å². The van der Waals surface area contributed by atoms with Crippen LogP contribution in [0.25, 0.3) is 0 Å². The first kappa shape index (κ1) is 20.4. The molecule has 2 rings (SSSR count). The summed E-state index contributed by atoms with van der Waals surface area (Å²) in [5.41, 5.74) is 1.26. The number of hydrogen-bond acceptors (Lipinski definition) is 4. The summed E-state index contributed by atoms with van der Waals surface area (Å²) in [7, 11) is -3.28. The molecule has 3 N–H and O–H groups in total. The van der Waals surface area contributed by atoms with E-state index in [1.165, 1.54) is 6.92 Å². The number of rotatable bonds is 6. The molecule has 26 heavy (non-hydrogen) atoms. The predicted octanol–water partition coefficient (Wildman–Crippen LogP) is 2.47. The highest BCUT2D eigenvalue weighted by Gasteiger charge is 2.29. The maximum atomic E-state index is 12.5. The molecule has 144 valence electrons. The highest BCUT2D eigenvalue weighted by molar-refractivity contribution is 7.90. The average Bonchev–Trinajstić information content (AvgIpc) is 2.54. The summed E-state index contributed by atoms with van der Waals surface area (Å²) in [4.78, 5) is 23.6. The second-order valence-corrected chi connectivity index (χ2v) is 9.28. The third-order valence-corrected chi connectivity index (χ3v) is 6.40. The molecule has 1 fully saturated rings. The largest absolute Gasteiger partial charge is 0.326 e. The highest BCUT2D eigenvalue weighted by atomic mass is 32.2. The van der Waals surface area contributed by atoms with Crippen molar-refractivity contribution >= 4 is 33.2 Å². The van der Waals surface area contributed by atoms with Crippen molar-refractivity contribution in [2.45, 2.75) is 57.7 Å². The van der Waals surface area contributed by atoms with Gasteiger partial charge in [-0.25, -0.2) is 13.1 Å². The summed E-state index contributed by atoms with van der Waals surface area (Å²) in [5.74, 6) is -0.384. The average molecular weight is 381 g/mol. The molecule has 1 aliphatic carbocycles. The van der Waals surface area contributed by atoms with E-state index in [2.05, 4.69) is 15.4 Å². The smallest absolute Gasteiger partial charge is 0.227 e. The number of sulfonamides is 1.